The van der Waals surface area contributed by atoms with E-state index in [2.05, 4.69) is 5.73 Å². The summed E-state index contributed by atoms with van der Waals surface area (Å²) in [6.07, 6.45) is -7.35. The molecule has 0 aliphatic carbocycles. The van der Waals surface area contributed by atoms with Crippen molar-refractivity contribution in [3.8, 4) is 0 Å². The molecule has 0 bridgehead atoms. The zero-order valence-corrected chi connectivity index (χ0v) is 6.74. The van der Waals surface area contributed by atoms with Crippen LogP contribution in [0.1, 0.15) is 0 Å². The van der Waals surface area contributed by atoms with E-state index < -0.39 is 36.9 Å². The summed E-state index contributed by atoms with van der Waals surface area (Å²) in [5.74, 6) is -1.23. The minimum absolute atomic E-state index is 0. The van der Waals surface area contributed by atoms with Crippen LogP contribution in [0.15, 0.2) is 0 Å². The molecule has 0 radical (unpaired) electrons. The molecule has 0 aromatic heterocycles. The van der Waals surface area contributed by atoms with Gasteiger partial charge in [0.2, 0.25) is 5.91 Å². The quantitative estimate of drug-likeness (QED) is 0.258. The summed E-state index contributed by atoms with van der Waals surface area (Å²) >= 11 is 0. The van der Waals surface area contributed by atoms with Crippen molar-refractivity contribution in [1.29, 1.82) is 0 Å². The summed E-state index contributed by atoms with van der Waals surface area (Å²) in [5.41, 5.74) is 4.61. The maximum absolute atomic E-state index is 10.3. The van der Waals surface area contributed by atoms with Gasteiger partial charge in [0, 0.05) is 0 Å². The Labute approximate surface area is 84.8 Å². The van der Waals surface area contributed by atoms with Crippen molar-refractivity contribution >= 4 is 16.9 Å². The van der Waals surface area contributed by atoms with Gasteiger partial charge in [-0.15, -0.1) is 0 Å². The van der Waals surface area contributed by atoms with Crippen LogP contribution < -0.4 is 5.73 Å². The van der Waals surface area contributed by atoms with E-state index in [0.29, 0.717) is 0 Å². The first kappa shape index (κ1) is 15.9. The lowest BCUT2D eigenvalue weighted by Crippen LogP contribution is -2.50. The molecule has 86 valence electrons. The first-order chi connectivity index (χ1) is 5.91. The van der Waals surface area contributed by atoms with Crippen LogP contribution in [0, 0.1) is 0 Å². The first-order valence-electron chi connectivity index (χ1n) is 3.54. The largest absolute Gasteiger partial charge is 0.394 e. The lowest BCUT2D eigenvalue weighted by atomic mass is 10.0. The molecular weight excluding hydrogens is 210 g/mol. The van der Waals surface area contributed by atoms with E-state index in [0.717, 1.165) is 0 Å². The Morgan fingerprint density at radius 2 is 1.57 bits per heavy atom. The minimum Gasteiger partial charge on any atom is -0.394 e. The average molecular weight is 227 g/mol. The summed E-state index contributed by atoms with van der Waals surface area (Å²) in [5, 5.41) is 44.0. The van der Waals surface area contributed by atoms with E-state index in [9.17, 15) is 4.79 Å². The second-order valence-corrected chi connectivity index (χ2v) is 2.58. The smallest absolute Gasteiger partial charge is 0.249 e. The van der Waals surface area contributed by atoms with Gasteiger partial charge in [0.05, 0.1) is 6.61 Å². The molecule has 14 heavy (non-hydrogen) atoms. The van der Waals surface area contributed by atoms with Gasteiger partial charge in [0.1, 0.15) is 18.3 Å². The summed E-state index contributed by atoms with van der Waals surface area (Å²) in [6.45, 7) is -0.802. The van der Waals surface area contributed by atoms with E-state index in [-0.39, 0.29) is 11.0 Å². The zero-order chi connectivity index (χ0) is 10.6. The van der Waals surface area contributed by atoms with Gasteiger partial charge in [-0.3, -0.25) is 4.79 Å². The number of nitrogens with two attached hydrogens (primary N) is 1. The van der Waals surface area contributed by atoms with E-state index in [1.54, 1.807) is 0 Å². The fourth-order valence-electron chi connectivity index (χ4n) is 0.691. The Hall–Kier alpha value is -0.513. The van der Waals surface area contributed by atoms with Gasteiger partial charge >= 0.3 is 0 Å². The molecule has 0 rings (SSSR count). The van der Waals surface area contributed by atoms with Crippen LogP contribution in [0.3, 0.4) is 0 Å². The van der Waals surface area contributed by atoms with Crippen molar-refractivity contribution in [1.82, 2.24) is 0 Å². The van der Waals surface area contributed by atoms with Gasteiger partial charge in [-0.05, 0) is 11.0 Å². The Morgan fingerprint density at radius 3 is 1.86 bits per heavy atom. The van der Waals surface area contributed by atoms with Crippen molar-refractivity contribution in [2.45, 2.75) is 24.4 Å². The summed E-state index contributed by atoms with van der Waals surface area (Å²) in [4.78, 5) is 10.3. The minimum atomic E-state index is -1.98. The lowest BCUT2D eigenvalue weighted by molar-refractivity contribution is -0.146. The number of carbonyl (C=O) groups is 1. The zero-order valence-electron chi connectivity index (χ0n) is 6.74. The number of carbonyl (C=O) groups excluding carboxylic acids is 1. The molecule has 0 saturated heterocycles. The van der Waals surface area contributed by atoms with Gasteiger partial charge in [0.25, 0.3) is 0 Å². The van der Waals surface area contributed by atoms with Gasteiger partial charge in [-0.25, -0.2) is 0 Å². The number of primary amides is 1. The third-order valence-corrected chi connectivity index (χ3v) is 1.55. The molecule has 0 aromatic carbocycles. The molecular formula is C6H17NO6Si. The van der Waals surface area contributed by atoms with Crippen LogP contribution in [-0.4, -0.2) is 73.4 Å². The van der Waals surface area contributed by atoms with Crippen LogP contribution in [0.2, 0.25) is 0 Å². The Morgan fingerprint density at radius 1 is 1.14 bits per heavy atom. The van der Waals surface area contributed by atoms with Crippen LogP contribution >= 0.6 is 0 Å². The van der Waals surface area contributed by atoms with Crippen LogP contribution in [0.5, 0.6) is 0 Å². The number of rotatable bonds is 5. The Bertz CT molecular complexity index is 180. The molecule has 0 aliphatic heterocycles. The Balaban J connectivity index is 0. The molecule has 0 unspecified atom stereocenters. The highest BCUT2D eigenvalue weighted by Crippen LogP contribution is 2.04. The molecule has 0 aromatic rings. The fourth-order valence-corrected chi connectivity index (χ4v) is 0.691. The topological polar surface area (TPSA) is 144 Å². The second-order valence-electron chi connectivity index (χ2n) is 2.58. The highest BCUT2D eigenvalue weighted by Gasteiger charge is 2.32. The summed E-state index contributed by atoms with van der Waals surface area (Å²) in [6, 6.07) is 0. The van der Waals surface area contributed by atoms with Crippen molar-refractivity contribution in [2.24, 2.45) is 5.73 Å². The van der Waals surface area contributed by atoms with Crippen LogP contribution in [-0.2, 0) is 4.79 Å². The van der Waals surface area contributed by atoms with Crippen molar-refractivity contribution in [3.63, 3.8) is 0 Å². The highest BCUT2D eigenvalue weighted by molar-refractivity contribution is 5.79. The number of aliphatic hydroxyl groups is 5. The standard InChI is InChI=1S/C6H13NO6.H4Si/c7-6(13)5(12)4(11)3(10)2(9)1-8;/h2-5,8-12H,1H2,(H2,7,13);1H4/t2-,3-,4+,5-;/m1./s1. The third kappa shape index (κ3) is 4.13. The molecule has 7 N–H and O–H groups in total. The molecule has 1 amide bonds. The molecule has 0 heterocycles. The monoisotopic (exact) mass is 227 g/mol. The third-order valence-electron chi connectivity index (χ3n) is 1.55. The number of amides is 1. The number of aliphatic hydroxyl groups excluding tert-OH is 5. The number of hydrogen-bond acceptors (Lipinski definition) is 6. The maximum atomic E-state index is 10.3. The normalized spacial score (nSPS) is 18.9. The molecule has 0 aliphatic rings. The predicted molar refractivity (Wildman–Crippen MR) is 51.6 cm³/mol. The van der Waals surface area contributed by atoms with Gasteiger partial charge in [-0.2, -0.15) is 0 Å². The van der Waals surface area contributed by atoms with Crippen molar-refractivity contribution in [3.05, 3.63) is 0 Å². The summed E-state index contributed by atoms with van der Waals surface area (Å²) < 4.78 is 0. The van der Waals surface area contributed by atoms with Crippen LogP contribution in [0.25, 0.3) is 0 Å². The van der Waals surface area contributed by atoms with Gasteiger partial charge < -0.3 is 31.3 Å². The summed E-state index contributed by atoms with van der Waals surface area (Å²) in [7, 11) is 0. The van der Waals surface area contributed by atoms with Crippen LogP contribution in [0.4, 0.5) is 0 Å². The average Bonchev–Trinajstić information content (AvgIpc) is 2.12. The van der Waals surface area contributed by atoms with E-state index in [4.69, 9.17) is 25.5 Å². The Kier molecular flexibility index (Phi) is 7.82. The number of hydrogen-bond donors (Lipinski definition) is 6. The fraction of sp³-hybridized carbons (Fsp3) is 0.833. The molecule has 4 atom stereocenters. The van der Waals surface area contributed by atoms with Crippen molar-refractivity contribution in [2.75, 3.05) is 6.61 Å². The van der Waals surface area contributed by atoms with Gasteiger partial charge in [-0.1, -0.05) is 0 Å². The molecule has 7 nitrogen and oxygen atoms in total. The first-order valence-corrected chi connectivity index (χ1v) is 3.54. The van der Waals surface area contributed by atoms with Crippen molar-refractivity contribution < 1.29 is 30.3 Å². The second kappa shape index (κ2) is 6.87. The van der Waals surface area contributed by atoms with E-state index >= 15 is 0 Å². The van der Waals surface area contributed by atoms with E-state index in [1.165, 1.54) is 0 Å². The molecule has 0 saturated carbocycles. The molecule has 0 fully saturated rings. The molecule has 0 spiro atoms. The predicted octanol–water partition coefficient (Wildman–Crippen LogP) is -5.54. The maximum Gasteiger partial charge on any atom is 0.249 e. The lowest BCUT2D eigenvalue weighted by Gasteiger charge is -2.23. The highest BCUT2D eigenvalue weighted by atomic mass is 28.1. The van der Waals surface area contributed by atoms with E-state index in [1.807, 2.05) is 0 Å². The molecule has 8 heteroatoms. The SMILES string of the molecule is NC(=O)[C@H](O)[C@@H](O)[C@H](O)[C@H](O)CO.[SiH4]. The van der Waals surface area contributed by atoms with Gasteiger partial charge in [0.15, 0.2) is 6.10 Å².